The molecule has 3 N–H and O–H groups in total. The third kappa shape index (κ3) is 9.40. The van der Waals surface area contributed by atoms with Crippen molar-refractivity contribution >= 4 is 35.8 Å². The molecule has 1 amide bonds. The van der Waals surface area contributed by atoms with E-state index < -0.39 is 0 Å². The Balaban J connectivity index is 0.00000625. The number of amides is 1. The highest BCUT2D eigenvalue weighted by Crippen LogP contribution is 2.06. The molecule has 0 bridgehead atoms. The number of rotatable bonds is 9. The molecule has 6 heteroatoms. The summed E-state index contributed by atoms with van der Waals surface area (Å²) in [5.74, 6) is 1.35. The lowest BCUT2D eigenvalue weighted by Gasteiger charge is -2.20. The van der Waals surface area contributed by atoms with Crippen LogP contribution >= 0.6 is 24.0 Å². The fourth-order valence-electron chi connectivity index (χ4n) is 2.11. The van der Waals surface area contributed by atoms with Crippen molar-refractivity contribution in [3.8, 4) is 0 Å². The van der Waals surface area contributed by atoms with E-state index in [1.54, 1.807) is 0 Å². The molecule has 0 aromatic heterocycles. The van der Waals surface area contributed by atoms with E-state index in [2.05, 4.69) is 55.6 Å². The molecule has 0 spiro atoms. The first-order chi connectivity index (χ1) is 12.0. The summed E-state index contributed by atoms with van der Waals surface area (Å²) < 4.78 is 0. The number of carbonyl (C=O) groups is 1. The zero-order chi connectivity index (χ0) is 18.7. The second-order valence-corrected chi connectivity index (χ2v) is 6.68. The van der Waals surface area contributed by atoms with Gasteiger partial charge in [-0.1, -0.05) is 39.3 Å². The third-order valence-electron chi connectivity index (χ3n) is 4.16. The number of nitrogens with zero attached hydrogens (tertiary/aromatic N) is 1. The Bertz CT molecular complexity index is 543. The average Bonchev–Trinajstić information content (AvgIpc) is 2.60. The van der Waals surface area contributed by atoms with Crippen LogP contribution < -0.4 is 16.0 Å². The van der Waals surface area contributed by atoms with E-state index in [1.165, 1.54) is 0 Å². The van der Waals surface area contributed by atoms with Crippen molar-refractivity contribution in [2.75, 3.05) is 13.1 Å². The molecule has 0 saturated heterocycles. The Hall–Kier alpha value is -1.31. The zero-order valence-corrected chi connectivity index (χ0v) is 19.1. The number of aliphatic imine (C=N–C) groups is 1. The van der Waals surface area contributed by atoms with Crippen LogP contribution in [0.5, 0.6) is 0 Å². The molecule has 0 radical (unpaired) electrons. The second-order valence-electron chi connectivity index (χ2n) is 6.68. The summed E-state index contributed by atoms with van der Waals surface area (Å²) >= 11 is 0. The highest BCUT2D eigenvalue weighted by molar-refractivity contribution is 14.0. The van der Waals surface area contributed by atoms with Crippen LogP contribution in [0, 0.1) is 5.92 Å². The molecule has 1 rings (SSSR count). The minimum atomic E-state index is -0.00994. The summed E-state index contributed by atoms with van der Waals surface area (Å²) in [4.78, 5) is 16.6. The topological polar surface area (TPSA) is 65.5 Å². The molecule has 1 atom stereocenters. The predicted octanol–water partition coefficient (Wildman–Crippen LogP) is 3.93. The maximum Gasteiger partial charge on any atom is 0.251 e. The van der Waals surface area contributed by atoms with Gasteiger partial charge in [-0.05, 0) is 43.9 Å². The van der Waals surface area contributed by atoms with Gasteiger partial charge in [-0.3, -0.25) is 4.79 Å². The fraction of sp³-hybridized carbons (Fsp3) is 0.600. The molecule has 5 nitrogen and oxygen atoms in total. The van der Waals surface area contributed by atoms with E-state index in [-0.39, 0.29) is 29.9 Å². The molecule has 148 valence electrons. The number of guanidine groups is 1. The quantitative estimate of drug-likeness (QED) is 0.220. The van der Waals surface area contributed by atoms with Gasteiger partial charge in [0.05, 0.1) is 6.54 Å². The largest absolute Gasteiger partial charge is 0.357 e. The second kappa shape index (κ2) is 13.8. The SMILES string of the molecule is CCCCNC(=O)c1ccc(CN=C(NCC)NC(C)C(C)C)cc1.I. The first-order valence-corrected chi connectivity index (χ1v) is 9.39. The summed E-state index contributed by atoms with van der Waals surface area (Å²) in [7, 11) is 0. The lowest BCUT2D eigenvalue weighted by atomic mass is 10.1. The molecule has 0 fully saturated rings. The summed E-state index contributed by atoms with van der Waals surface area (Å²) in [5.41, 5.74) is 1.78. The summed E-state index contributed by atoms with van der Waals surface area (Å²) in [6.45, 7) is 12.8. The summed E-state index contributed by atoms with van der Waals surface area (Å²) in [5, 5.41) is 9.62. The Morgan fingerprint density at radius 2 is 1.73 bits per heavy atom. The van der Waals surface area contributed by atoms with E-state index in [9.17, 15) is 4.79 Å². The molecule has 0 aliphatic rings. The van der Waals surface area contributed by atoms with Crippen LogP contribution in [0.3, 0.4) is 0 Å². The van der Waals surface area contributed by atoms with Gasteiger partial charge in [0.1, 0.15) is 0 Å². The van der Waals surface area contributed by atoms with Crippen molar-refractivity contribution in [1.29, 1.82) is 0 Å². The van der Waals surface area contributed by atoms with E-state index in [0.717, 1.165) is 37.5 Å². The maximum atomic E-state index is 12.0. The van der Waals surface area contributed by atoms with Crippen LogP contribution in [-0.4, -0.2) is 31.0 Å². The highest BCUT2D eigenvalue weighted by atomic mass is 127. The molecule has 1 aromatic rings. The Morgan fingerprint density at radius 1 is 1.08 bits per heavy atom. The fourth-order valence-corrected chi connectivity index (χ4v) is 2.11. The van der Waals surface area contributed by atoms with E-state index in [0.29, 0.717) is 24.1 Å². The van der Waals surface area contributed by atoms with Gasteiger partial charge in [-0.25, -0.2) is 4.99 Å². The zero-order valence-electron chi connectivity index (χ0n) is 16.8. The molecular weight excluding hydrogens is 439 g/mol. The number of hydrogen-bond donors (Lipinski definition) is 3. The van der Waals surface area contributed by atoms with Crippen molar-refractivity contribution in [3.05, 3.63) is 35.4 Å². The van der Waals surface area contributed by atoms with Crippen LogP contribution in [0.4, 0.5) is 0 Å². The van der Waals surface area contributed by atoms with Crippen LogP contribution in [0.15, 0.2) is 29.3 Å². The number of hydrogen-bond acceptors (Lipinski definition) is 2. The summed E-state index contributed by atoms with van der Waals surface area (Å²) in [6.07, 6.45) is 2.09. The smallest absolute Gasteiger partial charge is 0.251 e. The minimum Gasteiger partial charge on any atom is -0.357 e. The molecule has 26 heavy (non-hydrogen) atoms. The third-order valence-corrected chi connectivity index (χ3v) is 4.16. The van der Waals surface area contributed by atoms with Gasteiger partial charge in [0.15, 0.2) is 5.96 Å². The van der Waals surface area contributed by atoms with E-state index in [1.807, 2.05) is 24.3 Å². The van der Waals surface area contributed by atoms with Crippen molar-refractivity contribution in [2.45, 2.75) is 60.0 Å². The van der Waals surface area contributed by atoms with E-state index >= 15 is 0 Å². The van der Waals surface area contributed by atoms with Crippen molar-refractivity contribution < 1.29 is 4.79 Å². The first-order valence-electron chi connectivity index (χ1n) is 9.39. The van der Waals surface area contributed by atoms with E-state index in [4.69, 9.17) is 0 Å². The number of nitrogens with one attached hydrogen (secondary N) is 3. The lowest BCUT2D eigenvalue weighted by Crippen LogP contribution is -2.44. The molecule has 1 aromatic carbocycles. The standard InChI is InChI=1S/C20H34N4O.HI/c1-6-8-13-22-19(25)18-11-9-17(10-12-18)14-23-20(21-7-2)24-16(5)15(3)4;/h9-12,15-16H,6-8,13-14H2,1-5H3,(H,22,25)(H2,21,23,24);1H. The van der Waals surface area contributed by atoms with Crippen LogP contribution in [0.2, 0.25) is 0 Å². The first kappa shape index (κ1) is 24.7. The Kier molecular flexibility index (Phi) is 13.1. The normalized spacial score (nSPS) is 12.3. The van der Waals surface area contributed by atoms with Crippen molar-refractivity contribution in [2.24, 2.45) is 10.9 Å². The van der Waals surface area contributed by atoms with Gasteiger partial charge < -0.3 is 16.0 Å². The molecule has 0 aliphatic heterocycles. The highest BCUT2D eigenvalue weighted by Gasteiger charge is 2.09. The van der Waals surface area contributed by atoms with Crippen LogP contribution in [0.25, 0.3) is 0 Å². The van der Waals surface area contributed by atoms with Crippen molar-refractivity contribution in [1.82, 2.24) is 16.0 Å². The summed E-state index contributed by atoms with van der Waals surface area (Å²) in [6, 6.07) is 8.01. The number of benzene rings is 1. The van der Waals surface area contributed by atoms with Crippen LogP contribution in [0.1, 0.15) is 63.4 Å². The van der Waals surface area contributed by atoms with Gasteiger partial charge in [-0.2, -0.15) is 0 Å². The maximum absolute atomic E-state index is 12.0. The molecular formula is C20H35IN4O. The number of unbranched alkanes of at least 4 members (excludes halogenated alkanes) is 1. The Labute approximate surface area is 175 Å². The molecule has 0 aliphatic carbocycles. The number of halogens is 1. The molecule has 0 heterocycles. The van der Waals surface area contributed by atoms with Crippen molar-refractivity contribution in [3.63, 3.8) is 0 Å². The predicted molar refractivity (Wildman–Crippen MR) is 121 cm³/mol. The van der Waals surface area contributed by atoms with Gasteiger partial charge in [0.25, 0.3) is 5.91 Å². The van der Waals surface area contributed by atoms with Crippen LogP contribution in [-0.2, 0) is 6.54 Å². The monoisotopic (exact) mass is 474 g/mol. The number of carbonyl (C=O) groups excluding carboxylic acids is 1. The average molecular weight is 474 g/mol. The van der Waals surface area contributed by atoms with Gasteiger partial charge >= 0.3 is 0 Å². The minimum absolute atomic E-state index is 0. The van der Waals surface area contributed by atoms with Gasteiger partial charge in [0, 0.05) is 24.7 Å². The Morgan fingerprint density at radius 3 is 2.27 bits per heavy atom. The lowest BCUT2D eigenvalue weighted by molar-refractivity contribution is 0.0953. The molecule has 0 saturated carbocycles. The van der Waals surface area contributed by atoms with Gasteiger partial charge in [0.2, 0.25) is 0 Å². The molecule has 1 unspecified atom stereocenters. The van der Waals surface area contributed by atoms with Gasteiger partial charge in [-0.15, -0.1) is 24.0 Å².